The van der Waals surface area contributed by atoms with E-state index in [0.29, 0.717) is 11.1 Å². The number of benzene rings is 1. The van der Waals surface area contributed by atoms with E-state index in [9.17, 15) is 17.9 Å². The van der Waals surface area contributed by atoms with Gasteiger partial charge in [-0.25, -0.2) is 9.18 Å². The molecule has 6 heteroatoms. The molecule has 0 aliphatic carbocycles. The van der Waals surface area contributed by atoms with Gasteiger partial charge in [0, 0.05) is 5.75 Å². The van der Waals surface area contributed by atoms with Crippen LogP contribution in [-0.4, -0.2) is 21.8 Å². The second kappa shape index (κ2) is 5.88. The summed E-state index contributed by atoms with van der Waals surface area (Å²) in [5.74, 6) is -0.877. The minimum atomic E-state index is -2.25. The maximum atomic E-state index is 12.7. The molecule has 0 aliphatic rings. The van der Waals surface area contributed by atoms with Crippen molar-refractivity contribution < 1.29 is 22.7 Å². The lowest BCUT2D eigenvalue weighted by Gasteiger charge is -2.12. The molecule has 0 heterocycles. The van der Waals surface area contributed by atoms with Gasteiger partial charge >= 0.3 is 5.97 Å². The molecule has 0 radical (unpaired) electrons. The Morgan fingerprint density at radius 3 is 2.59 bits per heavy atom. The van der Waals surface area contributed by atoms with Crippen molar-refractivity contribution >= 4 is 17.0 Å². The van der Waals surface area contributed by atoms with Crippen LogP contribution in [-0.2, 0) is 28.2 Å². The summed E-state index contributed by atoms with van der Waals surface area (Å²) in [6.07, 6.45) is 0. The fourth-order valence-corrected chi connectivity index (χ4v) is 2.07. The quantitative estimate of drug-likeness (QED) is 0.609. The Kier molecular flexibility index (Phi) is 4.77. The zero-order valence-electron chi connectivity index (χ0n) is 9.49. The molecular formula is C11H12FO4S-. The number of methoxy groups -OCH3 is 1. The normalized spacial score (nSPS) is 12.2. The summed E-state index contributed by atoms with van der Waals surface area (Å²) in [6.45, 7) is 0.869. The number of aryl methyl sites for hydroxylation is 1. The van der Waals surface area contributed by atoms with Crippen molar-refractivity contribution in [3.8, 4) is 0 Å². The van der Waals surface area contributed by atoms with Crippen molar-refractivity contribution in [1.82, 2.24) is 0 Å². The van der Waals surface area contributed by atoms with Crippen LogP contribution < -0.4 is 0 Å². The van der Waals surface area contributed by atoms with E-state index in [2.05, 4.69) is 4.74 Å². The van der Waals surface area contributed by atoms with Gasteiger partial charge in [-0.1, -0.05) is 17.1 Å². The number of halogens is 1. The summed E-state index contributed by atoms with van der Waals surface area (Å²) < 4.78 is 38.5. The summed E-state index contributed by atoms with van der Waals surface area (Å²) in [5, 5.41) is 0. The van der Waals surface area contributed by atoms with E-state index in [4.69, 9.17) is 0 Å². The van der Waals surface area contributed by atoms with Crippen LogP contribution in [0.3, 0.4) is 0 Å². The van der Waals surface area contributed by atoms with Crippen LogP contribution >= 0.6 is 0 Å². The molecule has 94 valence electrons. The summed E-state index contributed by atoms with van der Waals surface area (Å²) in [5.41, 5.74) is 1.38. The van der Waals surface area contributed by atoms with Crippen molar-refractivity contribution in [2.24, 2.45) is 0 Å². The molecule has 17 heavy (non-hydrogen) atoms. The molecule has 1 unspecified atom stereocenters. The molecule has 1 aromatic rings. The summed E-state index contributed by atoms with van der Waals surface area (Å²) >= 11 is -2.25. The number of esters is 1. The number of ether oxygens (including phenoxy) is 1. The molecule has 4 nitrogen and oxygen atoms in total. The average Bonchev–Trinajstić information content (AvgIpc) is 2.29. The van der Waals surface area contributed by atoms with Crippen molar-refractivity contribution in [2.45, 2.75) is 19.4 Å². The summed E-state index contributed by atoms with van der Waals surface area (Å²) in [7, 11) is 1.19. The van der Waals surface area contributed by atoms with Crippen molar-refractivity contribution in [3.05, 3.63) is 34.4 Å². The second-order valence-electron chi connectivity index (χ2n) is 3.51. The highest BCUT2D eigenvalue weighted by Gasteiger charge is 2.14. The Bertz CT molecular complexity index is 459. The highest BCUT2D eigenvalue weighted by atomic mass is 32.2. The van der Waals surface area contributed by atoms with E-state index in [1.807, 2.05) is 0 Å². The molecule has 0 amide bonds. The van der Waals surface area contributed by atoms with Crippen molar-refractivity contribution in [2.75, 3.05) is 7.11 Å². The second-order valence-corrected chi connectivity index (χ2v) is 4.41. The molecule has 0 saturated carbocycles. The van der Waals surface area contributed by atoms with E-state index in [1.54, 1.807) is 6.92 Å². The van der Waals surface area contributed by atoms with Gasteiger partial charge in [0.25, 0.3) is 0 Å². The number of alkyl halides is 1. The van der Waals surface area contributed by atoms with Gasteiger partial charge in [0.05, 0.1) is 12.7 Å². The third-order valence-electron chi connectivity index (χ3n) is 2.38. The first-order chi connectivity index (χ1) is 7.99. The monoisotopic (exact) mass is 259 g/mol. The first-order valence-corrected chi connectivity index (χ1v) is 6.06. The van der Waals surface area contributed by atoms with Crippen LogP contribution in [0.4, 0.5) is 4.39 Å². The van der Waals surface area contributed by atoms with Crippen LogP contribution in [0.25, 0.3) is 0 Å². The fraction of sp³-hybridized carbons (Fsp3) is 0.364. The van der Waals surface area contributed by atoms with Gasteiger partial charge in [-0.05, 0) is 29.7 Å². The predicted octanol–water partition coefficient (Wildman–Crippen LogP) is 1.63. The van der Waals surface area contributed by atoms with Gasteiger partial charge in [0.2, 0.25) is 0 Å². The predicted molar refractivity (Wildman–Crippen MR) is 60.0 cm³/mol. The van der Waals surface area contributed by atoms with Gasteiger partial charge in [-0.3, -0.25) is 4.21 Å². The maximum absolute atomic E-state index is 12.7. The van der Waals surface area contributed by atoms with Crippen molar-refractivity contribution in [3.63, 3.8) is 0 Å². The summed E-state index contributed by atoms with van der Waals surface area (Å²) in [4.78, 5) is 11.4. The Morgan fingerprint density at radius 2 is 2.12 bits per heavy atom. The number of carbonyl (C=O) groups excluding carboxylic acids is 1. The first kappa shape index (κ1) is 13.8. The van der Waals surface area contributed by atoms with Crippen LogP contribution in [0.15, 0.2) is 12.1 Å². The highest BCUT2D eigenvalue weighted by Crippen LogP contribution is 2.19. The Labute approximate surface area is 101 Å². The van der Waals surface area contributed by atoms with E-state index >= 15 is 0 Å². The Morgan fingerprint density at radius 1 is 1.47 bits per heavy atom. The zero-order chi connectivity index (χ0) is 13.0. The third-order valence-corrected chi connectivity index (χ3v) is 2.93. The van der Waals surface area contributed by atoms with E-state index in [0.717, 1.165) is 0 Å². The molecule has 0 aliphatic heterocycles. The topological polar surface area (TPSA) is 66.4 Å². The number of hydrogen-bond acceptors (Lipinski definition) is 4. The lowest BCUT2D eigenvalue weighted by atomic mass is 10.0. The fourth-order valence-electron chi connectivity index (χ4n) is 1.51. The molecule has 1 atom stereocenters. The number of hydrogen-bond donors (Lipinski definition) is 0. The van der Waals surface area contributed by atoms with Gasteiger partial charge in [-0.2, -0.15) is 0 Å². The molecule has 0 saturated heterocycles. The Hall–Kier alpha value is -1.27. The van der Waals surface area contributed by atoms with Gasteiger partial charge in [0.1, 0.15) is 6.67 Å². The van der Waals surface area contributed by atoms with E-state index in [-0.39, 0.29) is 16.9 Å². The molecule has 0 aromatic heterocycles. The van der Waals surface area contributed by atoms with E-state index in [1.165, 1.54) is 19.2 Å². The van der Waals surface area contributed by atoms with Gasteiger partial charge in [-0.15, -0.1) is 0 Å². The summed E-state index contributed by atoms with van der Waals surface area (Å²) in [6, 6.07) is 2.83. The molecule has 1 aromatic carbocycles. The average molecular weight is 259 g/mol. The molecule has 1 rings (SSSR count). The molecule has 0 bridgehead atoms. The molecule has 0 fully saturated rings. The highest BCUT2D eigenvalue weighted by molar-refractivity contribution is 7.78. The van der Waals surface area contributed by atoms with Gasteiger partial charge < -0.3 is 9.29 Å². The number of carbonyl (C=O) groups is 1. The first-order valence-electron chi connectivity index (χ1n) is 4.82. The SMILES string of the molecule is COC(=O)c1cc(CS(=O)[O-])c(C)cc1CF. The largest absolute Gasteiger partial charge is 0.772 e. The van der Waals surface area contributed by atoms with Crippen LogP contribution in [0.1, 0.15) is 27.0 Å². The minimum Gasteiger partial charge on any atom is -0.772 e. The molecule has 0 spiro atoms. The Balaban J connectivity index is 3.26. The molecular weight excluding hydrogens is 247 g/mol. The minimum absolute atomic E-state index is 0.0704. The lowest BCUT2D eigenvalue weighted by molar-refractivity contribution is 0.0598. The van der Waals surface area contributed by atoms with E-state index < -0.39 is 23.7 Å². The smallest absolute Gasteiger partial charge is 0.338 e. The lowest BCUT2D eigenvalue weighted by Crippen LogP contribution is -2.08. The van der Waals surface area contributed by atoms with Gasteiger partial charge in [0.15, 0.2) is 0 Å². The zero-order valence-corrected chi connectivity index (χ0v) is 10.3. The van der Waals surface area contributed by atoms with Crippen LogP contribution in [0.5, 0.6) is 0 Å². The van der Waals surface area contributed by atoms with Crippen molar-refractivity contribution in [1.29, 1.82) is 0 Å². The maximum Gasteiger partial charge on any atom is 0.338 e. The molecule has 0 N–H and O–H groups in total. The third kappa shape index (κ3) is 3.34. The van der Waals surface area contributed by atoms with Crippen LogP contribution in [0, 0.1) is 6.92 Å². The number of rotatable bonds is 4. The van der Waals surface area contributed by atoms with Crippen LogP contribution in [0.2, 0.25) is 0 Å². The standard InChI is InChI=1S/C11H13FO4S/c1-7-3-8(5-12)10(11(13)16-2)4-9(7)6-17(14)15/h3-4H,5-6H2,1-2H3,(H,14,15)/p-1.